The van der Waals surface area contributed by atoms with E-state index in [-0.39, 0.29) is 17.1 Å². The third-order valence-electron chi connectivity index (χ3n) is 1.80. The minimum absolute atomic E-state index is 0.190. The van der Waals surface area contributed by atoms with Gasteiger partial charge >= 0.3 is 0 Å². The molecule has 0 unspecified atom stereocenters. The van der Waals surface area contributed by atoms with Gasteiger partial charge in [0.25, 0.3) is 0 Å². The van der Waals surface area contributed by atoms with Crippen molar-refractivity contribution in [3.8, 4) is 24.0 Å². The molecule has 0 atom stereocenters. The maximum absolute atomic E-state index is 13.3. The van der Waals surface area contributed by atoms with Crippen LogP contribution in [0.1, 0.15) is 0 Å². The average molecular weight is 228 g/mol. The quantitative estimate of drug-likeness (QED) is 0.750. The average Bonchev–Trinajstić information content (AvgIpc) is 2.33. The maximum atomic E-state index is 13.3. The van der Waals surface area contributed by atoms with E-state index in [9.17, 15) is 4.39 Å². The van der Waals surface area contributed by atoms with Gasteiger partial charge in [0.2, 0.25) is 0 Å². The number of halogens is 1. The van der Waals surface area contributed by atoms with E-state index >= 15 is 0 Å². The molecular weight excluding hydrogens is 223 g/mol. The number of allylic oxidation sites excluding steroid dienone is 2. The lowest BCUT2D eigenvalue weighted by Crippen LogP contribution is -2.02. The molecule has 5 nitrogen and oxygen atoms in total. The normalized spacial score (nSPS) is 8.35. The summed E-state index contributed by atoms with van der Waals surface area (Å²) in [4.78, 5) is 0. The highest BCUT2D eigenvalue weighted by Crippen LogP contribution is 2.22. The highest BCUT2D eigenvalue weighted by atomic mass is 19.1. The van der Waals surface area contributed by atoms with Crippen LogP contribution in [0.4, 0.5) is 10.1 Å². The molecule has 0 bridgehead atoms. The lowest BCUT2D eigenvalue weighted by atomic mass is 10.2. The number of nitriles is 3. The van der Waals surface area contributed by atoms with E-state index in [2.05, 4.69) is 5.32 Å². The van der Waals surface area contributed by atoms with Crippen molar-refractivity contribution in [1.82, 2.24) is 0 Å². The van der Waals surface area contributed by atoms with Crippen LogP contribution in [0.5, 0.6) is 5.75 Å². The number of phenols is 1. The highest BCUT2D eigenvalue weighted by Gasteiger charge is 2.09. The van der Waals surface area contributed by atoms with Crippen LogP contribution in [0.3, 0.4) is 0 Å². The topological polar surface area (TPSA) is 104 Å². The molecular formula is C11H5FN4O. The van der Waals surface area contributed by atoms with Gasteiger partial charge in [-0.15, -0.1) is 0 Å². The second-order valence-electron chi connectivity index (χ2n) is 2.87. The summed E-state index contributed by atoms with van der Waals surface area (Å²) in [5, 5.41) is 37.3. The van der Waals surface area contributed by atoms with Crippen molar-refractivity contribution in [3.63, 3.8) is 0 Å². The molecule has 82 valence electrons. The van der Waals surface area contributed by atoms with Crippen LogP contribution < -0.4 is 5.32 Å². The molecule has 1 aromatic carbocycles. The smallest absolute Gasteiger partial charge is 0.163 e. The predicted octanol–water partition coefficient (Wildman–Crippen LogP) is 1.77. The minimum atomic E-state index is -0.717. The molecule has 1 rings (SSSR count). The molecule has 0 spiro atoms. The summed E-state index contributed by atoms with van der Waals surface area (Å²) in [7, 11) is 0. The molecule has 2 N–H and O–H groups in total. The van der Waals surface area contributed by atoms with Crippen molar-refractivity contribution < 1.29 is 9.50 Å². The van der Waals surface area contributed by atoms with E-state index in [0.717, 1.165) is 18.2 Å². The number of benzene rings is 1. The van der Waals surface area contributed by atoms with Gasteiger partial charge in [-0.1, -0.05) is 0 Å². The van der Waals surface area contributed by atoms with Crippen molar-refractivity contribution in [1.29, 1.82) is 15.8 Å². The minimum Gasteiger partial charge on any atom is -0.508 e. The summed E-state index contributed by atoms with van der Waals surface area (Å²) < 4.78 is 13.3. The lowest BCUT2D eigenvalue weighted by Gasteiger charge is -2.06. The summed E-state index contributed by atoms with van der Waals surface area (Å²) in [6, 6.07) is 7.75. The number of phenolic OH excluding ortho intramolecular Hbond substituents is 1. The molecule has 0 saturated heterocycles. The van der Waals surface area contributed by atoms with Crippen molar-refractivity contribution in [3.05, 3.63) is 35.3 Å². The van der Waals surface area contributed by atoms with Crippen molar-refractivity contribution in [2.75, 3.05) is 5.32 Å². The zero-order valence-corrected chi connectivity index (χ0v) is 8.40. The third kappa shape index (κ3) is 2.71. The van der Waals surface area contributed by atoms with Crippen molar-refractivity contribution in [2.24, 2.45) is 0 Å². The molecule has 0 aliphatic rings. The van der Waals surface area contributed by atoms with Crippen LogP contribution in [-0.2, 0) is 0 Å². The second kappa shape index (κ2) is 5.16. The predicted molar refractivity (Wildman–Crippen MR) is 55.6 cm³/mol. The van der Waals surface area contributed by atoms with E-state index in [1.165, 1.54) is 12.1 Å². The first-order chi connectivity index (χ1) is 8.12. The zero-order valence-electron chi connectivity index (χ0n) is 8.40. The highest BCUT2D eigenvalue weighted by molar-refractivity contribution is 5.60. The number of nitrogens with one attached hydrogen (secondary N) is 1. The van der Waals surface area contributed by atoms with Crippen molar-refractivity contribution in [2.45, 2.75) is 0 Å². The van der Waals surface area contributed by atoms with E-state index in [0.29, 0.717) is 0 Å². The zero-order chi connectivity index (χ0) is 12.8. The Hall–Kier alpha value is -3.04. The number of hydrogen-bond donors (Lipinski definition) is 2. The van der Waals surface area contributed by atoms with Gasteiger partial charge in [0.1, 0.15) is 35.5 Å². The van der Waals surface area contributed by atoms with Crippen LogP contribution in [0.15, 0.2) is 29.5 Å². The fourth-order valence-corrected chi connectivity index (χ4v) is 1.03. The Morgan fingerprint density at radius 1 is 1.18 bits per heavy atom. The van der Waals surface area contributed by atoms with E-state index in [1.54, 1.807) is 6.07 Å². The number of aromatic hydroxyl groups is 1. The van der Waals surface area contributed by atoms with Gasteiger partial charge in [0.15, 0.2) is 5.57 Å². The van der Waals surface area contributed by atoms with Crippen LogP contribution in [-0.4, -0.2) is 5.11 Å². The first-order valence-electron chi connectivity index (χ1n) is 4.32. The van der Waals surface area contributed by atoms with Crippen molar-refractivity contribution >= 4 is 5.69 Å². The molecule has 1 aromatic rings. The summed E-state index contributed by atoms with van der Waals surface area (Å²) in [5.74, 6) is -0.924. The first-order valence-corrected chi connectivity index (χ1v) is 4.32. The summed E-state index contributed by atoms with van der Waals surface area (Å²) in [6.07, 6.45) is 0. The molecule has 0 aliphatic heterocycles. The Bertz CT molecular complexity index is 585. The molecule has 0 radical (unpaired) electrons. The van der Waals surface area contributed by atoms with Crippen LogP contribution in [0, 0.1) is 39.8 Å². The van der Waals surface area contributed by atoms with Gasteiger partial charge in [-0.2, -0.15) is 15.8 Å². The van der Waals surface area contributed by atoms with Gasteiger partial charge in [-0.3, -0.25) is 0 Å². The monoisotopic (exact) mass is 228 g/mol. The standard InChI is InChI=1S/C11H5FN4O/c12-9-2-1-8(17)3-10(9)16-11(6-15)7(4-13)5-14/h1-3,16-17H. The van der Waals surface area contributed by atoms with Gasteiger partial charge < -0.3 is 10.4 Å². The molecule has 0 saturated carbocycles. The van der Waals surface area contributed by atoms with Gasteiger partial charge in [-0.05, 0) is 12.1 Å². The Morgan fingerprint density at radius 2 is 1.82 bits per heavy atom. The second-order valence-corrected chi connectivity index (χ2v) is 2.87. The lowest BCUT2D eigenvalue weighted by molar-refractivity contribution is 0.473. The molecule has 0 fully saturated rings. The molecule has 0 aromatic heterocycles. The Kier molecular flexibility index (Phi) is 3.65. The van der Waals surface area contributed by atoms with E-state index < -0.39 is 11.4 Å². The fraction of sp³-hybridized carbons (Fsp3) is 0. The maximum Gasteiger partial charge on any atom is 0.163 e. The Labute approximate surface area is 96.3 Å². The molecule has 0 amide bonds. The van der Waals surface area contributed by atoms with Gasteiger partial charge in [-0.25, -0.2) is 4.39 Å². The number of anilines is 1. The van der Waals surface area contributed by atoms with Gasteiger partial charge in [0.05, 0.1) is 5.69 Å². The Morgan fingerprint density at radius 3 is 2.35 bits per heavy atom. The third-order valence-corrected chi connectivity index (χ3v) is 1.80. The molecule has 0 heterocycles. The van der Waals surface area contributed by atoms with E-state index in [4.69, 9.17) is 20.9 Å². The molecule has 0 aliphatic carbocycles. The van der Waals surface area contributed by atoms with Crippen LogP contribution >= 0.6 is 0 Å². The summed E-state index contributed by atoms with van der Waals surface area (Å²) >= 11 is 0. The van der Waals surface area contributed by atoms with E-state index in [1.807, 2.05) is 0 Å². The molecule has 17 heavy (non-hydrogen) atoms. The van der Waals surface area contributed by atoms with Crippen LogP contribution in [0.25, 0.3) is 0 Å². The largest absolute Gasteiger partial charge is 0.508 e. The number of nitrogens with zero attached hydrogens (tertiary/aromatic N) is 3. The SMILES string of the molecule is N#CC(C#N)=C(C#N)Nc1cc(O)ccc1F. The number of rotatable bonds is 2. The Balaban J connectivity index is 3.20. The summed E-state index contributed by atoms with van der Waals surface area (Å²) in [6.45, 7) is 0. The summed E-state index contributed by atoms with van der Waals surface area (Å²) in [5.41, 5.74) is -1.03. The molecule has 6 heteroatoms. The van der Waals surface area contributed by atoms with Gasteiger partial charge in [0, 0.05) is 6.07 Å². The number of hydrogen-bond acceptors (Lipinski definition) is 5. The first kappa shape index (κ1) is 12.0. The van der Waals surface area contributed by atoms with Crippen LogP contribution in [0.2, 0.25) is 0 Å². The fourth-order valence-electron chi connectivity index (χ4n) is 1.03.